The first-order valence-electron chi connectivity index (χ1n) is 5.27. The molecule has 0 amide bonds. The molecule has 0 fully saturated rings. The maximum atomic E-state index is 11.0. The lowest BCUT2D eigenvalue weighted by atomic mass is 10.1. The van der Waals surface area contributed by atoms with E-state index in [1.165, 1.54) is 0 Å². The quantitative estimate of drug-likeness (QED) is 0.689. The van der Waals surface area contributed by atoms with Crippen molar-refractivity contribution in [3.05, 3.63) is 0 Å². The van der Waals surface area contributed by atoms with Crippen molar-refractivity contribution < 1.29 is 17.7 Å². The van der Waals surface area contributed by atoms with Crippen LogP contribution < -0.4 is 0 Å². The molecule has 4 nitrogen and oxygen atoms in total. The minimum absolute atomic E-state index is 0.0786. The highest BCUT2D eigenvalue weighted by molar-refractivity contribution is 7.86. The van der Waals surface area contributed by atoms with E-state index in [1.807, 2.05) is 27.7 Å². The SMILES string of the molecule is CC(C)COCC(CC(C)C)S(=O)(=O)O. The van der Waals surface area contributed by atoms with Crippen molar-refractivity contribution in [3.8, 4) is 0 Å². The summed E-state index contributed by atoms with van der Waals surface area (Å²) < 4.78 is 36.3. The van der Waals surface area contributed by atoms with Gasteiger partial charge in [0.15, 0.2) is 0 Å². The van der Waals surface area contributed by atoms with Gasteiger partial charge >= 0.3 is 0 Å². The molecule has 0 saturated heterocycles. The molecule has 0 aliphatic carbocycles. The second-order valence-corrected chi connectivity index (χ2v) is 6.39. The molecule has 0 aromatic heterocycles. The van der Waals surface area contributed by atoms with Gasteiger partial charge in [-0.1, -0.05) is 27.7 Å². The second-order valence-electron chi connectivity index (χ2n) is 4.70. The predicted molar refractivity (Wildman–Crippen MR) is 60.4 cm³/mol. The second kappa shape index (κ2) is 6.45. The minimum atomic E-state index is -3.98. The Morgan fingerprint density at radius 3 is 1.93 bits per heavy atom. The van der Waals surface area contributed by atoms with Crippen LogP contribution >= 0.6 is 0 Å². The van der Waals surface area contributed by atoms with Crippen LogP contribution in [0.1, 0.15) is 34.1 Å². The topological polar surface area (TPSA) is 63.6 Å². The van der Waals surface area contributed by atoms with Crippen molar-refractivity contribution in [3.63, 3.8) is 0 Å². The van der Waals surface area contributed by atoms with Crippen LogP contribution in [-0.4, -0.2) is 31.4 Å². The molecule has 0 aromatic carbocycles. The van der Waals surface area contributed by atoms with Gasteiger partial charge in [0.2, 0.25) is 0 Å². The van der Waals surface area contributed by atoms with Gasteiger partial charge in [0.25, 0.3) is 10.1 Å². The van der Waals surface area contributed by atoms with Gasteiger partial charge < -0.3 is 4.74 Å². The third kappa shape index (κ3) is 7.76. The van der Waals surface area contributed by atoms with Crippen LogP contribution in [0.25, 0.3) is 0 Å². The van der Waals surface area contributed by atoms with E-state index in [0.29, 0.717) is 18.9 Å². The van der Waals surface area contributed by atoms with Crippen LogP contribution in [0.3, 0.4) is 0 Å². The molecule has 1 N–H and O–H groups in total. The average Bonchev–Trinajstić information content (AvgIpc) is 1.99. The molecule has 0 aliphatic heterocycles. The van der Waals surface area contributed by atoms with Gasteiger partial charge in [0.1, 0.15) is 5.25 Å². The minimum Gasteiger partial charge on any atom is -0.380 e. The lowest BCUT2D eigenvalue weighted by molar-refractivity contribution is 0.105. The van der Waals surface area contributed by atoms with Crippen LogP contribution in [0.5, 0.6) is 0 Å². The molecule has 1 unspecified atom stereocenters. The first-order chi connectivity index (χ1) is 6.73. The summed E-state index contributed by atoms with van der Waals surface area (Å²) in [6.45, 7) is 8.41. The number of hydrogen-bond donors (Lipinski definition) is 1. The Balaban J connectivity index is 4.15. The highest BCUT2D eigenvalue weighted by Gasteiger charge is 2.24. The van der Waals surface area contributed by atoms with E-state index in [1.54, 1.807) is 0 Å². The summed E-state index contributed by atoms with van der Waals surface area (Å²) in [5.74, 6) is 0.589. The summed E-state index contributed by atoms with van der Waals surface area (Å²) in [5.41, 5.74) is 0. The van der Waals surface area contributed by atoms with E-state index in [2.05, 4.69) is 0 Å². The molecule has 1 atom stereocenters. The predicted octanol–water partition coefficient (Wildman–Crippen LogP) is 1.96. The lowest BCUT2D eigenvalue weighted by Gasteiger charge is -2.16. The zero-order chi connectivity index (χ0) is 12.1. The van der Waals surface area contributed by atoms with Gasteiger partial charge in [-0.3, -0.25) is 4.55 Å². The number of hydrogen-bond acceptors (Lipinski definition) is 3. The summed E-state index contributed by atoms with van der Waals surface area (Å²) in [7, 11) is -3.98. The third-order valence-corrected chi connectivity index (χ3v) is 3.08. The van der Waals surface area contributed by atoms with E-state index in [9.17, 15) is 8.42 Å². The Kier molecular flexibility index (Phi) is 6.40. The monoisotopic (exact) mass is 238 g/mol. The molecule has 0 rings (SSSR count). The Bertz CT molecular complexity index is 257. The molecule has 0 spiro atoms. The molecule has 0 radical (unpaired) electrons. The maximum Gasteiger partial charge on any atom is 0.270 e. The van der Waals surface area contributed by atoms with E-state index in [-0.39, 0.29) is 12.5 Å². The molecule has 92 valence electrons. The fourth-order valence-electron chi connectivity index (χ4n) is 1.24. The van der Waals surface area contributed by atoms with Crippen LogP contribution in [0.2, 0.25) is 0 Å². The van der Waals surface area contributed by atoms with Crippen LogP contribution in [0.15, 0.2) is 0 Å². The highest BCUT2D eigenvalue weighted by atomic mass is 32.2. The normalized spacial score (nSPS) is 14.9. The first kappa shape index (κ1) is 14.9. The Hall–Kier alpha value is -0.130. The summed E-state index contributed by atoms with van der Waals surface area (Å²) in [4.78, 5) is 0. The molecular formula is C10H22O4S. The molecular weight excluding hydrogens is 216 g/mol. The average molecular weight is 238 g/mol. The van der Waals surface area contributed by atoms with Gasteiger partial charge in [0, 0.05) is 6.61 Å². The molecule has 0 heterocycles. The highest BCUT2D eigenvalue weighted by Crippen LogP contribution is 2.12. The zero-order valence-corrected chi connectivity index (χ0v) is 10.8. The number of ether oxygens (including phenoxy) is 1. The van der Waals surface area contributed by atoms with E-state index in [4.69, 9.17) is 9.29 Å². The summed E-state index contributed by atoms with van der Waals surface area (Å²) in [6.07, 6.45) is 0.428. The van der Waals surface area contributed by atoms with Gasteiger partial charge in [-0.15, -0.1) is 0 Å². The molecule has 0 bridgehead atoms. The van der Waals surface area contributed by atoms with E-state index < -0.39 is 15.4 Å². The van der Waals surface area contributed by atoms with Gasteiger partial charge in [-0.05, 0) is 18.3 Å². The van der Waals surface area contributed by atoms with Crippen molar-refractivity contribution in [1.29, 1.82) is 0 Å². The van der Waals surface area contributed by atoms with Crippen molar-refractivity contribution in [1.82, 2.24) is 0 Å². The van der Waals surface area contributed by atoms with Crippen molar-refractivity contribution in [2.45, 2.75) is 39.4 Å². The summed E-state index contributed by atoms with van der Waals surface area (Å²) >= 11 is 0. The van der Waals surface area contributed by atoms with Gasteiger partial charge in [-0.25, -0.2) is 0 Å². The molecule has 0 aliphatic rings. The van der Waals surface area contributed by atoms with Crippen molar-refractivity contribution in [2.75, 3.05) is 13.2 Å². The van der Waals surface area contributed by atoms with Crippen LogP contribution in [-0.2, 0) is 14.9 Å². The fourth-order valence-corrected chi connectivity index (χ4v) is 2.13. The van der Waals surface area contributed by atoms with Gasteiger partial charge in [0.05, 0.1) is 6.61 Å². The first-order valence-corrected chi connectivity index (χ1v) is 6.77. The summed E-state index contributed by atoms with van der Waals surface area (Å²) in [6, 6.07) is 0. The molecule has 5 heteroatoms. The maximum absolute atomic E-state index is 11.0. The fraction of sp³-hybridized carbons (Fsp3) is 1.00. The number of rotatable bonds is 7. The van der Waals surface area contributed by atoms with Crippen molar-refractivity contribution in [2.24, 2.45) is 11.8 Å². The largest absolute Gasteiger partial charge is 0.380 e. The summed E-state index contributed by atoms with van der Waals surface area (Å²) in [5, 5.41) is -0.795. The van der Waals surface area contributed by atoms with Crippen LogP contribution in [0.4, 0.5) is 0 Å². The Labute approximate surface area is 92.8 Å². The zero-order valence-electron chi connectivity index (χ0n) is 9.93. The standard InChI is InChI=1S/C10H22O4S/c1-8(2)5-10(15(11,12)13)7-14-6-9(3)4/h8-10H,5-7H2,1-4H3,(H,11,12,13). The Morgan fingerprint density at radius 1 is 1.07 bits per heavy atom. The molecule has 15 heavy (non-hydrogen) atoms. The van der Waals surface area contributed by atoms with E-state index >= 15 is 0 Å². The van der Waals surface area contributed by atoms with Gasteiger partial charge in [-0.2, -0.15) is 8.42 Å². The van der Waals surface area contributed by atoms with E-state index in [0.717, 1.165) is 0 Å². The van der Waals surface area contributed by atoms with Crippen molar-refractivity contribution >= 4 is 10.1 Å². The molecule has 0 saturated carbocycles. The third-order valence-electron chi connectivity index (χ3n) is 1.91. The smallest absolute Gasteiger partial charge is 0.270 e. The Morgan fingerprint density at radius 2 is 1.60 bits per heavy atom. The molecule has 0 aromatic rings. The lowest BCUT2D eigenvalue weighted by Crippen LogP contribution is -2.28. The van der Waals surface area contributed by atoms with Crippen LogP contribution in [0, 0.1) is 11.8 Å².